The summed E-state index contributed by atoms with van der Waals surface area (Å²) >= 11 is 0. The van der Waals surface area contributed by atoms with Crippen LogP contribution in [0.2, 0.25) is 0 Å². The summed E-state index contributed by atoms with van der Waals surface area (Å²) in [5.41, 5.74) is 3.82. The number of aromatic amines is 1. The van der Waals surface area contributed by atoms with Crippen LogP contribution in [0.3, 0.4) is 0 Å². The lowest BCUT2D eigenvalue weighted by Gasteiger charge is -2.32. The fraction of sp³-hybridized carbons (Fsp3) is 0.529. The molecule has 0 aromatic carbocycles. The van der Waals surface area contributed by atoms with Gasteiger partial charge in [-0.25, -0.2) is 0 Å². The number of piperidine rings is 1. The molecule has 3 rings (SSSR count). The van der Waals surface area contributed by atoms with Gasteiger partial charge in [0.25, 0.3) is 5.91 Å². The van der Waals surface area contributed by atoms with Crippen LogP contribution in [0.5, 0.6) is 0 Å². The number of aryl methyl sites for hydroxylation is 3. The molecule has 0 saturated carbocycles. The highest BCUT2D eigenvalue weighted by molar-refractivity contribution is 5.97. The predicted molar refractivity (Wildman–Crippen MR) is 84.1 cm³/mol. The van der Waals surface area contributed by atoms with Crippen LogP contribution in [-0.4, -0.2) is 34.1 Å². The molecule has 5 heteroatoms. The van der Waals surface area contributed by atoms with Crippen LogP contribution in [0.25, 0.3) is 0 Å². The van der Waals surface area contributed by atoms with E-state index in [4.69, 9.17) is 4.42 Å². The minimum Gasteiger partial charge on any atom is -0.466 e. The molecule has 0 aliphatic carbocycles. The maximum Gasteiger partial charge on any atom is 0.257 e. The van der Waals surface area contributed by atoms with Crippen LogP contribution < -0.4 is 0 Å². The van der Waals surface area contributed by atoms with Crippen molar-refractivity contribution in [2.75, 3.05) is 13.1 Å². The highest BCUT2D eigenvalue weighted by Crippen LogP contribution is 2.29. The molecule has 0 bridgehead atoms. The van der Waals surface area contributed by atoms with Crippen LogP contribution in [0, 0.1) is 27.7 Å². The van der Waals surface area contributed by atoms with Gasteiger partial charge in [-0.2, -0.15) is 5.10 Å². The Morgan fingerprint density at radius 3 is 2.68 bits per heavy atom. The van der Waals surface area contributed by atoms with E-state index >= 15 is 0 Å². The van der Waals surface area contributed by atoms with Gasteiger partial charge in [-0.1, -0.05) is 0 Å². The van der Waals surface area contributed by atoms with Gasteiger partial charge in [-0.15, -0.1) is 0 Å². The Labute approximate surface area is 130 Å². The van der Waals surface area contributed by atoms with Crippen LogP contribution in [0.1, 0.15) is 57.6 Å². The molecule has 0 radical (unpaired) electrons. The molecule has 1 aliphatic rings. The number of likely N-dealkylation sites (tertiary alicyclic amines) is 1. The van der Waals surface area contributed by atoms with Crippen LogP contribution in [0.4, 0.5) is 0 Å². The Morgan fingerprint density at radius 1 is 1.32 bits per heavy atom. The Bertz CT molecular complexity index is 699. The van der Waals surface area contributed by atoms with E-state index in [0.717, 1.165) is 60.0 Å². The summed E-state index contributed by atoms with van der Waals surface area (Å²) < 4.78 is 5.61. The molecule has 118 valence electrons. The fourth-order valence-corrected chi connectivity index (χ4v) is 3.32. The molecule has 22 heavy (non-hydrogen) atoms. The third kappa shape index (κ3) is 2.56. The standard InChI is InChI=1S/C17H23N3O2/c1-10-8-15(19-18-10)14-6-5-7-20(9-14)17(21)16-11(2)12(3)22-13(16)4/h8,14H,5-7,9H2,1-4H3,(H,18,19)/t14-/m0/s1. The van der Waals surface area contributed by atoms with E-state index in [1.807, 2.05) is 32.6 Å². The molecule has 1 aliphatic heterocycles. The Kier molecular flexibility index (Phi) is 3.81. The van der Waals surface area contributed by atoms with E-state index in [2.05, 4.69) is 16.3 Å². The van der Waals surface area contributed by atoms with E-state index in [1.165, 1.54) is 0 Å². The average Bonchev–Trinajstić information content (AvgIpc) is 3.03. The monoisotopic (exact) mass is 301 g/mol. The van der Waals surface area contributed by atoms with Crippen molar-refractivity contribution in [2.45, 2.75) is 46.5 Å². The van der Waals surface area contributed by atoms with Gasteiger partial charge in [0.05, 0.1) is 11.3 Å². The number of aromatic nitrogens is 2. The summed E-state index contributed by atoms with van der Waals surface area (Å²) in [4.78, 5) is 14.8. The van der Waals surface area contributed by atoms with E-state index < -0.39 is 0 Å². The summed E-state index contributed by atoms with van der Waals surface area (Å²) in [6.45, 7) is 9.27. The number of nitrogens with one attached hydrogen (secondary N) is 1. The highest BCUT2D eigenvalue weighted by Gasteiger charge is 2.29. The number of nitrogens with zero attached hydrogens (tertiary/aromatic N) is 2. The molecule has 2 aromatic heterocycles. The largest absolute Gasteiger partial charge is 0.466 e. The minimum absolute atomic E-state index is 0.0869. The van der Waals surface area contributed by atoms with E-state index in [0.29, 0.717) is 5.92 Å². The molecule has 2 aromatic rings. The lowest BCUT2D eigenvalue weighted by molar-refractivity contribution is 0.0703. The summed E-state index contributed by atoms with van der Waals surface area (Å²) in [5.74, 6) is 1.95. The first-order valence-electron chi connectivity index (χ1n) is 7.85. The first-order valence-corrected chi connectivity index (χ1v) is 7.85. The lowest BCUT2D eigenvalue weighted by atomic mass is 9.94. The maximum absolute atomic E-state index is 12.9. The molecule has 1 amide bonds. The van der Waals surface area contributed by atoms with Crippen molar-refractivity contribution in [1.29, 1.82) is 0 Å². The van der Waals surface area contributed by atoms with E-state index in [9.17, 15) is 4.79 Å². The zero-order valence-corrected chi connectivity index (χ0v) is 13.7. The topological polar surface area (TPSA) is 62.1 Å². The number of hydrogen-bond acceptors (Lipinski definition) is 3. The number of hydrogen-bond donors (Lipinski definition) is 1. The lowest BCUT2D eigenvalue weighted by Crippen LogP contribution is -2.39. The Hall–Kier alpha value is -2.04. The van der Waals surface area contributed by atoms with Gasteiger partial charge >= 0.3 is 0 Å². The van der Waals surface area contributed by atoms with Gasteiger partial charge in [-0.05, 0) is 46.6 Å². The molecule has 0 unspecified atom stereocenters. The second-order valence-corrected chi connectivity index (χ2v) is 6.28. The number of furan rings is 1. The van der Waals surface area contributed by atoms with Gasteiger partial charge in [0, 0.05) is 30.3 Å². The summed E-state index contributed by atoms with van der Waals surface area (Å²) in [6, 6.07) is 2.08. The van der Waals surface area contributed by atoms with Crippen molar-refractivity contribution in [3.63, 3.8) is 0 Å². The molecular formula is C17H23N3O2. The van der Waals surface area contributed by atoms with Crippen molar-refractivity contribution in [2.24, 2.45) is 0 Å². The maximum atomic E-state index is 12.9. The number of H-pyrrole nitrogens is 1. The molecule has 1 fully saturated rings. The van der Waals surface area contributed by atoms with Crippen LogP contribution in [-0.2, 0) is 0 Å². The molecule has 1 saturated heterocycles. The summed E-state index contributed by atoms with van der Waals surface area (Å²) in [7, 11) is 0. The normalized spacial score (nSPS) is 18.7. The first kappa shape index (κ1) is 14.9. The van der Waals surface area contributed by atoms with Crippen molar-refractivity contribution in [3.05, 3.63) is 40.1 Å². The fourth-order valence-electron chi connectivity index (χ4n) is 3.32. The minimum atomic E-state index is 0.0869. The molecule has 3 heterocycles. The Balaban J connectivity index is 1.81. The van der Waals surface area contributed by atoms with Gasteiger partial charge in [0.2, 0.25) is 0 Å². The van der Waals surface area contributed by atoms with E-state index in [-0.39, 0.29) is 5.91 Å². The Morgan fingerprint density at radius 2 is 2.09 bits per heavy atom. The van der Waals surface area contributed by atoms with Gasteiger partial charge in [0.1, 0.15) is 11.5 Å². The molecule has 1 N–H and O–H groups in total. The summed E-state index contributed by atoms with van der Waals surface area (Å²) in [5, 5.41) is 7.36. The predicted octanol–water partition coefficient (Wildman–Crippen LogP) is 3.26. The molecule has 5 nitrogen and oxygen atoms in total. The van der Waals surface area contributed by atoms with Crippen molar-refractivity contribution in [1.82, 2.24) is 15.1 Å². The number of carbonyl (C=O) groups excluding carboxylic acids is 1. The van der Waals surface area contributed by atoms with Gasteiger partial charge in [-0.3, -0.25) is 9.89 Å². The number of rotatable bonds is 2. The quantitative estimate of drug-likeness (QED) is 0.926. The second kappa shape index (κ2) is 5.63. The van der Waals surface area contributed by atoms with Crippen LogP contribution in [0.15, 0.2) is 10.5 Å². The highest BCUT2D eigenvalue weighted by atomic mass is 16.3. The SMILES string of the molecule is Cc1cc([C@H]2CCCN(C(=O)c3c(C)oc(C)c3C)C2)n[nH]1. The van der Waals surface area contributed by atoms with Crippen molar-refractivity contribution >= 4 is 5.91 Å². The van der Waals surface area contributed by atoms with Gasteiger partial charge < -0.3 is 9.32 Å². The first-order chi connectivity index (χ1) is 10.5. The molecule has 1 atom stereocenters. The van der Waals surface area contributed by atoms with Crippen molar-refractivity contribution in [3.8, 4) is 0 Å². The summed E-state index contributed by atoms with van der Waals surface area (Å²) in [6.07, 6.45) is 2.09. The molecule has 0 spiro atoms. The zero-order valence-electron chi connectivity index (χ0n) is 13.7. The second-order valence-electron chi connectivity index (χ2n) is 6.28. The zero-order chi connectivity index (χ0) is 15.9. The third-order valence-corrected chi connectivity index (χ3v) is 4.63. The third-order valence-electron chi connectivity index (χ3n) is 4.63. The number of carbonyl (C=O) groups is 1. The van der Waals surface area contributed by atoms with Crippen molar-refractivity contribution < 1.29 is 9.21 Å². The van der Waals surface area contributed by atoms with Gasteiger partial charge in [0.15, 0.2) is 0 Å². The van der Waals surface area contributed by atoms with E-state index in [1.54, 1.807) is 0 Å². The molecular weight excluding hydrogens is 278 g/mol. The number of amides is 1. The average molecular weight is 301 g/mol. The smallest absolute Gasteiger partial charge is 0.257 e. The van der Waals surface area contributed by atoms with Crippen LogP contribution >= 0.6 is 0 Å².